The minimum Gasteiger partial charge on any atom is -0.475 e. The Morgan fingerprint density at radius 3 is 2.32 bits per heavy atom. The van der Waals surface area contributed by atoms with Crippen LogP contribution in [0.15, 0.2) is 30.3 Å². The number of carbonyl (C=O) groups is 2. The second-order valence-corrected chi connectivity index (χ2v) is 4.40. The average Bonchev–Trinajstić information content (AvgIpc) is 2.77. The first-order chi connectivity index (χ1) is 10.2. The zero-order valence-corrected chi connectivity index (χ0v) is 11.4. The van der Waals surface area contributed by atoms with Crippen molar-refractivity contribution in [1.29, 1.82) is 0 Å². The highest BCUT2D eigenvalue weighted by molar-refractivity contribution is 5.82. The number of alkyl halides is 3. The van der Waals surface area contributed by atoms with E-state index in [2.05, 4.69) is 0 Å². The molecule has 0 spiro atoms. The van der Waals surface area contributed by atoms with Gasteiger partial charge in [0.05, 0.1) is 12.6 Å². The third-order valence-electron chi connectivity index (χ3n) is 2.68. The first-order valence-electron chi connectivity index (χ1n) is 6.25. The number of hydroxylamine groups is 2. The summed E-state index contributed by atoms with van der Waals surface area (Å²) in [5.41, 5.74) is 6.61. The van der Waals surface area contributed by atoms with Gasteiger partial charge in [0.2, 0.25) is 0 Å². The third-order valence-corrected chi connectivity index (χ3v) is 2.68. The molecule has 0 aromatic heterocycles. The lowest BCUT2D eigenvalue weighted by Crippen LogP contribution is -2.33. The maximum absolute atomic E-state index is 11.4. The van der Waals surface area contributed by atoms with Crippen molar-refractivity contribution < 1.29 is 32.7 Å². The van der Waals surface area contributed by atoms with Gasteiger partial charge in [-0.2, -0.15) is 13.2 Å². The molecule has 0 bridgehead atoms. The van der Waals surface area contributed by atoms with Crippen LogP contribution in [-0.4, -0.2) is 40.8 Å². The molecular weight excluding hydrogens is 305 g/mol. The van der Waals surface area contributed by atoms with Gasteiger partial charge in [-0.15, -0.1) is 0 Å². The van der Waals surface area contributed by atoms with Crippen LogP contribution >= 0.6 is 0 Å². The van der Waals surface area contributed by atoms with Gasteiger partial charge in [-0.05, 0) is 12.0 Å². The molecule has 0 saturated carbocycles. The summed E-state index contributed by atoms with van der Waals surface area (Å²) in [5.74, 6) is -2.88. The van der Waals surface area contributed by atoms with E-state index in [1.54, 1.807) is 0 Å². The minimum absolute atomic E-state index is 0.120. The summed E-state index contributed by atoms with van der Waals surface area (Å²) < 4.78 is 31.7. The predicted octanol–water partition coefficient (Wildman–Crippen LogP) is 1.31. The molecule has 1 aromatic carbocycles. The number of carboxylic acid groups (broad SMARTS) is 1. The molecule has 1 aromatic rings. The third kappa shape index (κ3) is 5.70. The number of nitrogens with two attached hydrogens (primary N) is 1. The van der Waals surface area contributed by atoms with Gasteiger partial charge in [0.25, 0.3) is 5.91 Å². The van der Waals surface area contributed by atoms with Crippen molar-refractivity contribution in [2.24, 2.45) is 5.73 Å². The van der Waals surface area contributed by atoms with Gasteiger partial charge >= 0.3 is 12.1 Å². The van der Waals surface area contributed by atoms with Gasteiger partial charge in [0.15, 0.2) is 0 Å². The maximum atomic E-state index is 11.4. The van der Waals surface area contributed by atoms with Crippen molar-refractivity contribution in [2.75, 3.05) is 6.54 Å². The van der Waals surface area contributed by atoms with Gasteiger partial charge in [0, 0.05) is 0 Å². The zero-order valence-electron chi connectivity index (χ0n) is 11.4. The van der Waals surface area contributed by atoms with Crippen LogP contribution in [0.2, 0.25) is 0 Å². The van der Waals surface area contributed by atoms with Crippen LogP contribution in [0, 0.1) is 0 Å². The molecule has 6 nitrogen and oxygen atoms in total. The number of carbonyl (C=O) groups excluding carboxylic acids is 1. The molecule has 1 fully saturated rings. The Hall–Kier alpha value is -2.13. The molecular formula is C13H15F3N2O4. The summed E-state index contributed by atoms with van der Waals surface area (Å²) in [6, 6.07) is 9.36. The van der Waals surface area contributed by atoms with Crippen molar-refractivity contribution in [3.8, 4) is 0 Å². The molecule has 122 valence electrons. The highest BCUT2D eigenvalue weighted by Gasteiger charge is 2.38. The minimum atomic E-state index is -5.08. The smallest absolute Gasteiger partial charge is 0.475 e. The van der Waals surface area contributed by atoms with Crippen LogP contribution < -0.4 is 5.73 Å². The first kappa shape index (κ1) is 17.9. The second kappa shape index (κ2) is 7.76. The summed E-state index contributed by atoms with van der Waals surface area (Å²) >= 11 is 0. The van der Waals surface area contributed by atoms with E-state index in [1.165, 1.54) is 5.06 Å². The quantitative estimate of drug-likeness (QED) is 0.876. The Balaban J connectivity index is 0.000000295. The molecule has 0 radical (unpaired) electrons. The van der Waals surface area contributed by atoms with Crippen molar-refractivity contribution in [3.63, 3.8) is 0 Å². The monoisotopic (exact) mass is 320 g/mol. The Bertz CT molecular complexity index is 508. The number of aliphatic carboxylic acids is 1. The molecule has 1 atom stereocenters. The first-order valence-corrected chi connectivity index (χ1v) is 6.25. The number of halogens is 3. The number of amides is 1. The maximum Gasteiger partial charge on any atom is 0.490 e. The number of rotatable bonds is 3. The Morgan fingerprint density at radius 2 is 1.91 bits per heavy atom. The second-order valence-electron chi connectivity index (χ2n) is 4.40. The van der Waals surface area contributed by atoms with Gasteiger partial charge in [0.1, 0.15) is 6.61 Å². The van der Waals surface area contributed by atoms with E-state index in [0.29, 0.717) is 19.6 Å². The molecule has 22 heavy (non-hydrogen) atoms. The Morgan fingerprint density at radius 1 is 1.36 bits per heavy atom. The van der Waals surface area contributed by atoms with Gasteiger partial charge in [-0.3, -0.25) is 9.63 Å². The molecule has 9 heteroatoms. The van der Waals surface area contributed by atoms with Crippen LogP contribution in [0.4, 0.5) is 13.2 Å². The van der Waals surface area contributed by atoms with Crippen molar-refractivity contribution in [2.45, 2.75) is 25.2 Å². The molecule has 1 heterocycles. The van der Waals surface area contributed by atoms with E-state index in [-0.39, 0.29) is 11.9 Å². The fourth-order valence-electron chi connectivity index (χ4n) is 1.53. The number of nitrogens with zero attached hydrogens (tertiary/aromatic N) is 1. The lowest BCUT2D eigenvalue weighted by atomic mass is 10.2. The van der Waals surface area contributed by atoms with Crippen LogP contribution in [0.1, 0.15) is 12.0 Å². The van der Waals surface area contributed by atoms with E-state index in [4.69, 9.17) is 20.5 Å². The van der Waals surface area contributed by atoms with Crippen molar-refractivity contribution in [3.05, 3.63) is 35.9 Å². The van der Waals surface area contributed by atoms with E-state index in [0.717, 1.165) is 5.56 Å². The average molecular weight is 320 g/mol. The topological polar surface area (TPSA) is 92.9 Å². The standard InChI is InChI=1S/C11H14N2O2.C2HF3O2/c12-10-6-7-13(11(10)14)15-8-9-4-2-1-3-5-9;3-2(4,5)1(6)7/h1-5,10H,6-8,12H2;(H,6,7)/t10-;/m1./s1. The Kier molecular flexibility index (Phi) is 6.32. The summed E-state index contributed by atoms with van der Waals surface area (Å²) in [6.45, 7) is 1.01. The van der Waals surface area contributed by atoms with Crippen molar-refractivity contribution >= 4 is 11.9 Å². The molecule has 1 amide bonds. The van der Waals surface area contributed by atoms with E-state index in [9.17, 15) is 18.0 Å². The lowest BCUT2D eigenvalue weighted by Gasteiger charge is -2.15. The number of carboxylic acids is 1. The number of hydrogen-bond acceptors (Lipinski definition) is 4. The molecule has 0 unspecified atom stereocenters. The van der Waals surface area contributed by atoms with E-state index >= 15 is 0 Å². The highest BCUT2D eigenvalue weighted by Crippen LogP contribution is 2.13. The van der Waals surface area contributed by atoms with Gasteiger partial charge < -0.3 is 10.8 Å². The lowest BCUT2D eigenvalue weighted by molar-refractivity contribution is -0.192. The Labute approximate surface area is 124 Å². The van der Waals surface area contributed by atoms with Crippen LogP contribution in [0.25, 0.3) is 0 Å². The van der Waals surface area contributed by atoms with Gasteiger partial charge in [-0.25, -0.2) is 9.86 Å². The largest absolute Gasteiger partial charge is 0.490 e. The molecule has 3 N–H and O–H groups in total. The van der Waals surface area contributed by atoms with Crippen molar-refractivity contribution in [1.82, 2.24) is 5.06 Å². The molecule has 1 aliphatic rings. The number of benzene rings is 1. The van der Waals surface area contributed by atoms with Crippen LogP contribution in [-0.2, 0) is 21.0 Å². The molecule has 2 rings (SSSR count). The molecule has 1 aliphatic heterocycles. The fourth-order valence-corrected chi connectivity index (χ4v) is 1.53. The fraction of sp³-hybridized carbons (Fsp3) is 0.385. The summed E-state index contributed by atoms with van der Waals surface area (Å²) in [4.78, 5) is 25.7. The van der Waals surface area contributed by atoms with Crippen LogP contribution in [0.3, 0.4) is 0 Å². The summed E-state index contributed by atoms with van der Waals surface area (Å²) in [6.07, 6.45) is -4.41. The van der Waals surface area contributed by atoms with Crippen LogP contribution in [0.5, 0.6) is 0 Å². The normalized spacial score (nSPS) is 17.9. The van der Waals surface area contributed by atoms with E-state index < -0.39 is 12.1 Å². The number of hydrogen-bond donors (Lipinski definition) is 2. The van der Waals surface area contributed by atoms with E-state index in [1.807, 2.05) is 30.3 Å². The highest BCUT2D eigenvalue weighted by atomic mass is 19.4. The summed E-state index contributed by atoms with van der Waals surface area (Å²) in [5, 5.41) is 8.48. The molecule has 0 aliphatic carbocycles. The predicted molar refractivity (Wildman–Crippen MR) is 69.2 cm³/mol. The van der Waals surface area contributed by atoms with Gasteiger partial charge in [-0.1, -0.05) is 30.3 Å². The zero-order chi connectivity index (χ0) is 16.8. The molecule has 1 saturated heterocycles. The summed E-state index contributed by atoms with van der Waals surface area (Å²) in [7, 11) is 0. The SMILES string of the molecule is N[C@@H]1CCN(OCc2ccccc2)C1=O.O=C(O)C(F)(F)F.